The summed E-state index contributed by atoms with van der Waals surface area (Å²) in [5.74, 6) is -0.217. The van der Waals surface area contributed by atoms with Gasteiger partial charge < -0.3 is 9.84 Å². The molecule has 0 amide bonds. The van der Waals surface area contributed by atoms with Crippen LogP contribution in [0.15, 0.2) is 96.1 Å². The lowest BCUT2D eigenvalue weighted by Gasteiger charge is -2.12. The number of ether oxygens (including phenoxy) is 1. The van der Waals surface area contributed by atoms with E-state index >= 15 is 0 Å². The summed E-state index contributed by atoms with van der Waals surface area (Å²) in [6.07, 6.45) is 1.73. The fourth-order valence-electron chi connectivity index (χ4n) is 3.13. The van der Waals surface area contributed by atoms with Gasteiger partial charge in [0.1, 0.15) is 12.4 Å². The molecule has 5 nitrogen and oxygen atoms in total. The van der Waals surface area contributed by atoms with Crippen LogP contribution in [-0.4, -0.2) is 17.3 Å². The number of carboxylic acids is 1. The smallest absolute Gasteiger partial charge is 0.335 e. The number of hydrogen-bond acceptors (Lipinski definition) is 4. The van der Waals surface area contributed by atoms with Gasteiger partial charge in [0.2, 0.25) is 0 Å². The van der Waals surface area contributed by atoms with Gasteiger partial charge in [0.15, 0.2) is 0 Å². The second-order valence-corrected chi connectivity index (χ2v) is 6.73. The lowest BCUT2D eigenvalue weighted by Crippen LogP contribution is -2.00. The molecule has 4 aromatic carbocycles. The van der Waals surface area contributed by atoms with Crippen molar-refractivity contribution >= 4 is 28.6 Å². The fourth-order valence-corrected chi connectivity index (χ4v) is 3.13. The van der Waals surface area contributed by atoms with E-state index in [4.69, 9.17) is 9.84 Å². The molecule has 2 N–H and O–H groups in total. The van der Waals surface area contributed by atoms with Gasteiger partial charge in [0.05, 0.1) is 17.5 Å². The third kappa shape index (κ3) is 4.47. The molecule has 0 bridgehead atoms. The molecule has 0 spiro atoms. The predicted octanol–water partition coefficient (Wildman–Crippen LogP) is 5.56. The van der Waals surface area contributed by atoms with Crippen LogP contribution >= 0.6 is 0 Å². The molecule has 0 heterocycles. The van der Waals surface area contributed by atoms with Crippen LogP contribution in [0, 0.1) is 0 Å². The highest BCUT2D eigenvalue weighted by Gasteiger charge is 2.08. The lowest BCUT2D eigenvalue weighted by atomic mass is 10.0. The normalized spacial score (nSPS) is 10.9. The van der Waals surface area contributed by atoms with Crippen LogP contribution in [0.5, 0.6) is 5.75 Å². The number of rotatable bonds is 7. The standard InChI is InChI=1S/C25H20N2O3/c28-25(29)20-10-13-21(14-11-20)27-26-16-23-22-9-5-4-8-19(22)12-15-24(23)30-17-18-6-2-1-3-7-18/h1-16,27H,17H2,(H,28,29)/b26-16-. The Morgan fingerprint density at radius 1 is 0.900 bits per heavy atom. The molecule has 0 aliphatic carbocycles. The number of anilines is 1. The molecule has 0 aliphatic heterocycles. The zero-order valence-electron chi connectivity index (χ0n) is 16.2. The van der Waals surface area contributed by atoms with Gasteiger partial charge in [-0.15, -0.1) is 0 Å². The Hall–Kier alpha value is -4.12. The van der Waals surface area contributed by atoms with Gasteiger partial charge in [0.25, 0.3) is 0 Å². The number of fused-ring (bicyclic) bond motifs is 1. The Balaban J connectivity index is 1.58. The minimum Gasteiger partial charge on any atom is -0.488 e. The third-order valence-electron chi connectivity index (χ3n) is 4.69. The zero-order valence-corrected chi connectivity index (χ0v) is 16.2. The molecular formula is C25H20N2O3. The average Bonchev–Trinajstić information content (AvgIpc) is 2.79. The predicted molar refractivity (Wildman–Crippen MR) is 119 cm³/mol. The van der Waals surface area contributed by atoms with E-state index in [1.807, 2.05) is 66.7 Å². The summed E-state index contributed by atoms with van der Waals surface area (Å²) in [6, 6.07) is 28.5. The van der Waals surface area contributed by atoms with Gasteiger partial charge >= 0.3 is 5.97 Å². The van der Waals surface area contributed by atoms with Crippen molar-refractivity contribution in [1.82, 2.24) is 0 Å². The van der Waals surface area contributed by atoms with Gasteiger partial charge in [0, 0.05) is 5.56 Å². The van der Waals surface area contributed by atoms with Gasteiger partial charge in [-0.1, -0.05) is 60.7 Å². The second-order valence-electron chi connectivity index (χ2n) is 6.73. The first kappa shape index (κ1) is 19.2. The van der Waals surface area contributed by atoms with Crippen LogP contribution in [0.3, 0.4) is 0 Å². The summed E-state index contributed by atoms with van der Waals surface area (Å²) in [6.45, 7) is 0.462. The molecule has 0 saturated carbocycles. The molecule has 5 heteroatoms. The van der Waals surface area contributed by atoms with Crippen molar-refractivity contribution in [3.8, 4) is 5.75 Å². The largest absolute Gasteiger partial charge is 0.488 e. The molecular weight excluding hydrogens is 376 g/mol. The molecule has 0 aromatic heterocycles. The zero-order chi connectivity index (χ0) is 20.8. The van der Waals surface area contributed by atoms with Crippen LogP contribution in [0.25, 0.3) is 10.8 Å². The van der Waals surface area contributed by atoms with Crippen LogP contribution < -0.4 is 10.2 Å². The number of hydrogen-bond donors (Lipinski definition) is 2. The quantitative estimate of drug-likeness (QED) is 0.317. The van der Waals surface area contributed by atoms with Crippen molar-refractivity contribution in [2.45, 2.75) is 6.61 Å². The van der Waals surface area contributed by atoms with E-state index in [0.717, 1.165) is 27.6 Å². The van der Waals surface area contributed by atoms with Crippen molar-refractivity contribution in [3.63, 3.8) is 0 Å². The summed E-state index contributed by atoms with van der Waals surface area (Å²) in [4.78, 5) is 11.0. The summed E-state index contributed by atoms with van der Waals surface area (Å²) in [5, 5.41) is 15.5. The van der Waals surface area contributed by atoms with Gasteiger partial charge in [-0.3, -0.25) is 5.43 Å². The number of nitrogens with zero attached hydrogens (tertiary/aromatic N) is 1. The van der Waals surface area contributed by atoms with Crippen molar-refractivity contribution in [2.24, 2.45) is 5.10 Å². The number of nitrogens with one attached hydrogen (secondary N) is 1. The minimum atomic E-state index is -0.957. The van der Waals surface area contributed by atoms with Crippen LogP contribution in [0.1, 0.15) is 21.5 Å². The van der Waals surface area contributed by atoms with Crippen molar-refractivity contribution < 1.29 is 14.6 Å². The molecule has 0 fully saturated rings. The van der Waals surface area contributed by atoms with E-state index in [0.29, 0.717) is 12.3 Å². The average molecular weight is 396 g/mol. The molecule has 4 aromatic rings. The number of hydrazone groups is 1. The van der Waals surface area contributed by atoms with Crippen LogP contribution in [0.2, 0.25) is 0 Å². The summed E-state index contributed by atoms with van der Waals surface area (Å²) in [5.41, 5.74) is 5.84. The second kappa shape index (κ2) is 8.92. The first-order valence-electron chi connectivity index (χ1n) is 9.51. The van der Waals surface area contributed by atoms with E-state index in [2.05, 4.69) is 10.5 Å². The lowest BCUT2D eigenvalue weighted by molar-refractivity contribution is 0.0697. The molecule has 0 atom stereocenters. The SMILES string of the molecule is O=C(O)c1ccc(N/N=C\c2c(OCc3ccccc3)ccc3ccccc23)cc1. The first-order chi connectivity index (χ1) is 14.7. The molecule has 30 heavy (non-hydrogen) atoms. The van der Waals surface area contributed by atoms with E-state index in [9.17, 15) is 4.79 Å². The summed E-state index contributed by atoms with van der Waals surface area (Å²) < 4.78 is 6.09. The molecule has 0 unspecified atom stereocenters. The Labute approximate surface area is 174 Å². The Bertz CT molecular complexity index is 1190. The maximum absolute atomic E-state index is 11.0. The fraction of sp³-hybridized carbons (Fsp3) is 0.0400. The van der Waals surface area contributed by atoms with E-state index in [1.165, 1.54) is 12.1 Å². The van der Waals surface area contributed by atoms with E-state index in [1.54, 1.807) is 18.3 Å². The molecule has 0 radical (unpaired) electrons. The van der Waals surface area contributed by atoms with E-state index < -0.39 is 5.97 Å². The number of benzene rings is 4. The molecule has 0 saturated heterocycles. The van der Waals surface area contributed by atoms with Crippen molar-refractivity contribution in [2.75, 3.05) is 5.43 Å². The summed E-state index contributed by atoms with van der Waals surface area (Å²) in [7, 11) is 0. The van der Waals surface area contributed by atoms with Crippen LogP contribution in [0.4, 0.5) is 5.69 Å². The van der Waals surface area contributed by atoms with Gasteiger partial charge in [-0.25, -0.2) is 4.79 Å². The van der Waals surface area contributed by atoms with Crippen LogP contribution in [-0.2, 0) is 6.61 Å². The molecule has 0 aliphatic rings. The van der Waals surface area contributed by atoms with Gasteiger partial charge in [-0.2, -0.15) is 5.10 Å². The Morgan fingerprint density at radius 2 is 1.63 bits per heavy atom. The first-order valence-corrected chi connectivity index (χ1v) is 9.51. The highest BCUT2D eigenvalue weighted by Crippen LogP contribution is 2.27. The van der Waals surface area contributed by atoms with E-state index in [-0.39, 0.29) is 5.56 Å². The molecule has 4 rings (SSSR count). The van der Waals surface area contributed by atoms with Gasteiger partial charge in [-0.05, 0) is 46.7 Å². The topological polar surface area (TPSA) is 70.9 Å². The highest BCUT2D eigenvalue weighted by molar-refractivity contribution is 6.02. The number of carboxylic acid groups (broad SMARTS) is 1. The maximum Gasteiger partial charge on any atom is 0.335 e. The number of carbonyl (C=O) groups is 1. The van der Waals surface area contributed by atoms with Crippen molar-refractivity contribution in [3.05, 3.63) is 108 Å². The maximum atomic E-state index is 11.0. The number of aromatic carboxylic acids is 1. The monoisotopic (exact) mass is 396 g/mol. The van der Waals surface area contributed by atoms with Crippen molar-refractivity contribution in [1.29, 1.82) is 0 Å². The highest BCUT2D eigenvalue weighted by atomic mass is 16.5. The Kier molecular flexibility index (Phi) is 5.71. The Morgan fingerprint density at radius 3 is 2.40 bits per heavy atom. The summed E-state index contributed by atoms with van der Waals surface area (Å²) >= 11 is 0. The minimum absolute atomic E-state index is 0.232. The third-order valence-corrected chi connectivity index (χ3v) is 4.69. The molecule has 148 valence electrons.